The van der Waals surface area contributed by atoms with Crippen LogP contribution in [0.3, 0.4) is 0 Å². The van der Waals surface area contributed by atoms with Gasteiger partial charge in [-0.3, -0.25) is 0 Å². The Labute approximate surface area is 117 Å². The molecule has 5 heteroatoms. The van der Waals surface area contributed by atoms with Gasteiger partial charge < -0.3 is 14.3 Å². The summed E-state index contributed by atoms with van der Waals surface area (Å²) in [5, 5.41) is 8.87. The van der Waals surface area contributed by atoms with E-state index in [9.17, 15) is 4.79 Å². The Balaban J connectivity index is 2.50. The van der Waals surface area contributed by atoms with Gasteiger partial charge in [0.25, 0.3) is 0 Å². The van der Waals surface area contributed by atoms with Crippen LogP contribution < -0.4 is 4.74 Å². The minimum absolute atomic E-state index is 0.104. The highest BCUT2D eigenvalue weighted by atomic mass is 16.5. The van der Waals surface area contributed by atoms with E-state index in [1.165, 1.54) is 0 Å². The molecule has 0 amide bonds. The van der Waals surface area contributed by atoms with Crippen molar-refractivity contribution >= 4 is 5.97 Å². The summed E-state index contributed by atoms with van der Waals surface area (Å²) in [5.74, 6) is -0.0358. The molecule has 0 atom stereocenters. The lowest BCUT2D eigenvalue weighted by molar-refractivity contribution is 0.0690. The van der Waals surface area contributed by atoms with Gasteiger partial charge in [-0.25, -0.2) is 9.78 Å². The molecule has 0 saturated carbocycles. The standard InChI is InChI=1S/C15H17NO4/c1-15(2,3)10-7-9(5-6-12(10)19-4)13-16-11(8-20-13)14(17)18/h5-8H,1-4H3,(H,17,18). The van der Waals surface area contributed by atoms with Gasteiger partial charge in [-0.1, -0.05) is 20.8 Å². The average Bonchev–Trinajstić information content (AvgIpc) is 2.86. The van der Waals surface area contributed by atoms with Crippen LogP contribution in [0, 0.1) is 0 Å². The van der Waals surface area contributed by atoms with Crippen LogP contribution in [0.1, 0.15) is 36.8 Å². The summed E-state index contributed by atoms with van der Waals surface area (Å²) in [6, 6.07) is 5.54. The Hall–Kier alpha value is -2.30. The number of rotatable bonds is 3. The quantitative estimate of drug-likeness (QED) is 0.930. The minimum Gasteiger partial charge on any atom is -0.496 e. The van der Waals surface area contributed by atoms with E-state index in [-0.39, 0.29) is 17.0 Å². The van der Waals surface area contributed by atoms with Crippen LogP contribution in [0.25, 0.3) is 11.5 Å². The fraction of sp³-hybridized carbons (Fsp3) is 0.333. The van der Waals surface area contributed by atoms with Crippen molar-refractivity contribution < 1.29 is 19.1 Å². The molecule has 0 spiro atoms. The number of benzene rings is 1. The molecule has 2 aromatic rings. The van der Waals surface area contributed by atoms with Gasteiger partial charge >= 0.3 is 5.97 Å². The van der Waals surface area contributed by atoms with Gasteiger partial charge in [0.1, 0.15) is 12.0 Å². The molecule has 1 heterocycles. The first-order valence-corrected chi connectivity index (χ1v) is 6.20. The highest BCUT2D eigenvalue weighted by Crippen LogP contribution is 2.34. The highest BCUT2D eigenvalue weighted by molar-refractivity contribution is 5.85. The maximum atomic E-state index is 10.8. The van der Waals surface area contributed by atoms with E-state index in [0.717, 1.165) is 23.1 Å². The van der Waals surface area contributed by atoms with Gasteiger partial charge in [-0.05, 0) is 23.6 Å². The minimum atomic E-state index is -1.11. The number of nitrogens with zero attached hydrogens (tertiary/aromatic N) is 1. The molecule has 0 aliphatic carbocycles. The third-order valence-electron chi connectivity index (χ3n) is 2.98. The van der Waals surface area contributed by atoms with E-state index in [2.05, 4.69) is 25.8 Å². The van der Waals surface area contributed by atoms with E-state index in [1.54, 1.807) is 13.2 Å². The molecule has 20 heavy (non-hydrogen) atoms. The second-order valence-corrected chi connectivity index (χ2v) is 5.51. The largest absolute Gasteiger partial charge is 0.496 e. The molecule has 0 fully saturated rings. The summed E-state index contributed by atoms with van der Waals surface area (Å²) in [7, 11) is 1.62. The first-order valence-electron chi connectivity index (χ1n) is 6.20. The van der Waals surface area contributed by atoms with Crippen molar-refractivity contribution in [3.8, 4) is 17.2 Å². The van der Waals surface area contributed by atoms with Crippen LogP contribution in [-0.4, -0.2) is 23.2 Å². The van der Waals surface area contributed by atoms with Crippen molar-refractivity contribution in [2.45, 2.75) is 26.2 Å². The van der Waals surface area contributed by atoms with Crippen molar-refractivity contribution in [3.63, 3.8) is 0 Å². The number of oxazole rings is 1. The molecule has 1 aromatic heterocycles. The fourth-order valence-electron chi connectivity index (χ4n) is 1.93. The zero-order valence-corrected chi connectivity index (χ0v) is 11.9. The van der Waals surface area contributed by atoms with Crippen molar-refractivity contribution in [2.24, 2.45) is 0 Å². The number of aromatic nitrogens is 1. The van der Waals surface area contributed by atoms with E-state index >= 15 is 0 Å². The molecule has 0 bridgehead atoms. The number of hydrogen-bond donors (Lipinski definition) is 1. The molecule has 1 aromatic carbocycles. The van der Waals surface area contributed by atoms with Crippen LogP contribution in [0.4, 0.5) is 0 Å². The number of aromatic carboxylic acids is 1. The predicted octanol–water partition coefficient (Wildman–Crippen LogP) is 3.35. The Kier molecular flexibility index (Phi) is 3.53. The van der Waals surface area contributed by atoms with Crippen LogP contribution in [0.2, 0.25) is 0 Å². The van der Waals surface area contributed by atoms with Gasteiger partial charge in [-0.15, -0.1) is 0 Å². The fourth-order valence-corrected chi connectivity index (χ4v) is 1.93. The molecule has 0 saturated heterocycles. The zero-order valence-electron chi connectivity index (χ0n) is 11.9. The van der Waals surface area contributed by atoms with E-state index in [1.807, 2.05) is 12.1 Å². The summed E-state index contributed by atoms with van der Waals surface area (Å²) in [5.41, 5.74) is 1.52. The number of carboxylic acid groups (broad SMARTS) is 1. The third-order valence-corrected chi connectivity index (χ3v) is 2.98. The summed E-state index contributed by atoms with van der Waals surface area (Å²) < 4.78 is 10.6. The first kappa shape index (κ1) is 14.1. The normalized spacial score (nSPS) is 11.4. The molecule has 0 radical (unpaired) electrons. The van der Waals surface area contributed by atoms with Crippen LogP contribution in [-0.2, 0) is 5.41 Å². The molecule has 1 N–H and O–H groups in total. The topological polar surface area (TPSA) is 72.6 Å². The SMILES string of the molecule is COc1ccc(-c2nc(C(=O)O)co2)cc1C(C)(C)C. The number of hydrogen-bond acceptors (Lipinski definition) is 4. The summed E-state index contributed by atoms with van der Waals surface area (Å²) in [6.07, 6.45) is 1.14. The lowest BCUT2D eigenvalue weighted by Gasteiger charge is -2.22. The number of ether oxygens (including phenoxy) is 1. The maximum absolute atomic E-state index is 10.8. The molecular formula is C15H17NO4. The molecular weight excluding hydrogens is 258 g/mol. The average molecular weight is 275 g/mol. The van der Waals surface area contributed by atoms with Crippen LogP contribution in [0.5, 0.6) is 5.75 Å². The molecule has 2 rings (SSSR count). The summed E-state index contributed by atoms with van der Waals surface area (Å²) >= 11 is 0. The van der Waals surface area contributed by atoms with Gasteiger partial charge in [0.05, 0.1) is 7.11 Å². The lowest BCUT2D eigenvalue weighted by atomic mass is 9.85. The molecule has 0 aliphatic heterocycles. The van der Waals surface area contributed by atoms with Crippen LogP contribution >= 0.6 is 0 Å². The lowest BCUT2D eigenvalue weighted by Crippen LogP contribution is -2.12. The van der Waals surface area contributed by atoms with Gasteiger partial charge in [0, 0.05) is 11.1 Å². The van der Waals surface area contributed by atoms with Crippen LogP contribution in [0.15, 0.2) is 28.9 Å². The van der Waals surface area contributed by atoms with E-state index in [4.69, 9.17) is 14.3 Å². The third kappa shape index (κ3) is 2.66. The Morgan fingerprint density at radius 1 is 1.35 bits per heavy atom. The van der Waals surface area contributed by atoms with Gasteiger partial charge in [0.15, 0.2) is 5.69 Å². The Morgan fingerprint density at radius 2 is 2.05 bits per heavy atom. The van der Waals surface area contributed by atoms with E-state index in [0.29, 0.717) is 0 Å². The van der Waals surface area contributed by atoms with Crippen molar-refractivity contribution in [2.75, 3.05) is 7.11 Å². The van der Waals surface area contributed by atoms with E-state index < -0.39 is 5.97 Å². The molecule has 0 unspecified atom stereocenters. The predicted molar refractivity (Wildman–Crippen MR) is 74.2 cm³/mol. The highest BCUT2D eigenvalue weighted by Gasteiger charge is 2.21. The second kappa shape index (κ2) is 5.00. The number of carbonyl (C=O) groups is 1. The van der Waals surface area contributed by atoms with Crippen molar-refractivity contribution in [3.05, 3.63) is 35.7 Å². The first-order chi connectivity index (χ1) is 9.32. The Bertz CT molecular complexity index is 638. The monoisotopic (exact) mass is 275 g/mol. The molecule has 0 aliphatic rings. The molecule has 106 valence electrons. The smallest absolute Gasteiger partial charge is 0.357 e. The number of carboxylic acids is 1. The Morgan fingerprint density at radius 3 is 2.55 bits per heavy atom. The second-order valence-electron chi connectivity index (χ2n) is 5.51. The zero-order chi connectivity index (χ0) is 14.9. The van der Waals surface area contributed by atoms with Gasteiger partial charge in [-0.2, -0.15) is 0 Å². The van der Waals surface area contributed by atoms with Crippen molar-refractivity contribution in [1.29, 1.82) is 0 Å². The summed E-state index contributed by atoms with van der Waals surface area (Å²) in [4.78, 5) is 14.8. The number of methoxy groups -OCH3 is 1. The van der Waals surface area contributed by atoms with Crippen molar-refractivity contribution in [1.82, 2.24) is 4.98 Å². The molecule has 5 nitrogen and oxygen atoms in total. The maximum Gasteiger partial charge on any atom is 0.357 e. The summed E-state index contributed by atoms with van der Waals surface area (Å²) in [6.45, 7) is 6.23. The van der Waals surface area contributed by atoms with Gasteiger partial charge in [0.2, 0.25) is 5.89 Å².